The number of ether oxygens (including phenoxy) is 1. The molecule has 4 rings (SSSR count). The van der Waals surface area contributed by atoms with Crippen LogP contribution in [0, 0.1) is 5.82 Å². The van der Waals surface area contributed by atoms with E-state index in [9.17, 15) is 24.3 Å². The number of nitrogens with zero attached hydrogens (tertiary/aromatic N) is 6. The van der Waals surface area contributed by atoms with Gasteiger partial charge in [-0.05, 0) is 71.3 Å². The monoisotopic (exact) mass is 580 g/mol. The summed E-state index contributed by atoms with van der Waals surface area (Å²) in [4.78, 5) is 53.3. The molecule has 0 unspecified atom stereocenters. The molecule has 2 amide bonds. The van der Waals surface area contributed by atoms with Gasteiger partial charge in [0.25, 0.3) is 5.91 Å². The molecule has 0 saturated heterocycles. The zero-order valence-corrected chi connectivity index (χ0v) is 23.0. The van der Waals surface area contributed by atoms with Crippen molar-refractivity contribution in [2.24, 2.45) is 0 Å². The zero-order valence-electron chi connectivity index (χ0n) is 22.2. The lowest BCUT2D eigenvalue weighted by Crippen LogP contribution is -2.38. The van der Waals surface area contributed by atoms with E-state index in [1.165, 1.54) is 49.4 Å². The summed E-state index contributed by atoms with van der Waals surface area (Å²) in [5.74, 6) is -2.33. The fraction of sp³-hybridized carbons (Fsp3) is 0.185. The minimum Gasteiger partial charge on any atom is -0.496 e. The first-order chi connectivity index (χ1) is 19.7. The van der Waals surface area contributed by atoms with E-state index < -0.39 is 35.1 Å². The summed E-state index contributed by atoms with van der Waals surface area (Å²) >= 11 is 1.02. The van der Waals surface area contributed by atoms with E-state index in [1.54, 1.807) is 30.3 Å². The first-order valence-electron chi connectivity index (χ1n) is 12.2. The number of aromatic nitrogens is 4. The van der Waals surface area contributed by atoms with Crippen LogP contribution in [0.15, 0.2) is 71.5 Å². The van der Waals surface area contributed by atoms with Gasteiger partial charge in [0.2, 0.25) is 0 Å². The summed E-state index contributed by atoms with van der Waals surface area (Å²) in [6.45, 7) is 1.87. The number of halogens is 1. The third kappa shape index (κ3) is 5.82. The summed E-state index contributed by atoms with van der Waals surface area (Å²) in [6.07, 6.45) is 0.646. The van der Waals surface area contributed by atoms with Gasteiger partial charge in [-0.1, -0.05) is 31.2 Å². The van der Waals surface area contributed by atoms with E-state index in [0.29, 0.717) is 27.2 Å². The van der Waals surface area contributed by atoms with Crippen molar-refractivity contribution in [1.82, 2.24) is 19.8 Å². The van der Waals surface area contributed by atoms with Crippen molar-refractivity contribution >= 4 is 41.2 Å². The Hall–Kier alpha value is -4.98. The zero-order chi connectivity index (χ0) is 29.7. The number of benzene rings is 3. The van der Waals surface area contributed by atoms with Crippen LogP contribution in [-0.4, -0.2) is 62.7 Å². The largest absolute Gasteiger partial charge is 0.496 e. The molecule has 4 aromatic rings. The van der Waals surface area contributed by atoms with Crippen LogP contribution in [0.25, 0.3) is 5.69 Å². The highest BCUT2D eigenvalue weighted by Gasteiger charge is 2.28. The van der Waals surface area contributed by atoms with Crippen molar-refractivity contribution in [3.05, 3.63) is 94.2 Å². The lowest BCUT2D eigenvalue weighted by Gasteiger charge is -2.21. The van der Waals surface area contributed by atoms with Gasteiger partial charge in [0.1, 0.15) is 22.8 Å². The molecule has 0 aliphatic heterocycles. The van der Waals surface area contributed by atoms with Crippen LogP contribution in [0.5, 0.6) is 5.75 Å². The second kappa shape index (κ2) is 12.5. The Bertz CT molecular complexity index is 1660. The van der Waals surface area contributed by atoms with Gasteiger partial charge in [0, 0.05) is 18.5 Å². The Kier molecular flexibility index (Phi) is 8.82. The Morgan fingerprint density at radius 2 is 1.73 bits per heavy atom. The van der Waals surface area contributed by atoms with Crippen LogP contribution in [0.2, 0.25) is 0 Å². The number of carboxylic acids is 1. The third-order valence-corrected chi connectivity index (χ3v) is 7.10. The molecule has 212 valence electrons. The fourth-order valence-corrected chi connectivity index (χ4v) is 4.67. The molecule has 1 N–H and O–H groups in total. The molecule has 0 radical (unpaired) electrons. The highest BCUT2D eigenvalue weighted by atomic mass is 32.2. The molecular weight excluding hydrogens is 555 g/mol. The van der Waals surface area contributed by atoms with E-state index in [-0.39, 0.29) is 22.6 Å². The maximum Gasteiger partial charge on any atom is 0.377 e. The van der Waals surface area contributed by atoms with Gasteiger partial charge in [-0.2, -0.15) is 4.68 Å². The van der Waals surface area contributed by atoms with E-state index >= 15 is 4.39 Å². The molecule has 14 heteroatoms. The lowest BCUT2D eigenvalue weighted by molar-refractivity contribution is 0.0693. The second-order valence-corrected chi connectivity index (χ2v) is 9.55. The van der Waals surface area contributed by atoms with Crippen LogP contribution in [-0.2, 0) is 0 Å². The number of hydrogen-bond donors (Lipinski definition) is 1. The summed E-state index contributed by atoms with van der Waals surface area (Å²) in [7, 11) is 2.81. The number of methoxy groups -OCH3 is 1. The van der Waals surface area contributed by atoms with Crippen molar-refractivity contribution in [3.8, 4) is 11.4 Å². The van der Waals surface area contributed by atoms with Crippen molar-refractivity contribution in [2.75, 3.05) is 29.1 Å². The van der Waals surface area contributed by atoms with E-state index in [1.807, 2.05) is 6.92 Å². The van der Waals surface area contributed by atoms with Crippen molar-refractivity contribution in [3.63, 3.8) is 0 Å². The summed E-state index contributed by atoms with van der Waals surface area (Å²) in [5.41, 5.74) is -1.33. The average Bonchev–Trinajstić information content (AvgIpc) is 3.37. The number of aromatic carboxylic acids is 1. The summed E-state index contributed by atoms with van der Waals surface area (Å²) in [6, 6.07) is 15.4. The molecule has 3 aromatic carbocycles. The number of carbonyl (C=O) groups excluding carboxylic acids is 2. The summed E-state index contributed by atoms with van der Waals surface area (Å²) in [5, 5.41) is 16.9. The molecule has 41 heavy (non-hydrogen) atoms. The molecule has 0 fully saturated rings. The van der Waals surface area contributed by atoms with E-state index in [4.69, 9.17) is 4.74 Å². The number of anilines is 2. The number of hydrogen-bond acceptors (Lipinski definition) is 8. The van der Waals surface area contributed by atoms with Crippen molar-refractivity contribution in [1.29, 1.82) is 0 Å². The van der Waals surface area contributed by atoms with Gasteiger partial charge in [-0.25, -0.2) is 23.1 Å². The fourth-order valence-electron chi connectivity index (χ4n) is 3.86. The third-order valence-electron chi connectivity index (χ3n) is 5.89. The van der Waals surface area contributed by atoms with Gasteiger partial charge in [-0.3, -0.25) is 4.79 Å². The van der Waals surface area contributed by atoms with Crippen LogP contribution in [0.3, 0.4) is 0 Å². The van der Waals surface area contributed by atoms with Crippen molar-refractivity contribution < 1.29 is 28.6 Å². The highest BCUT2D eigenvalue weighted by molar-refractivity contribution is 8.01. The predicted molar refractivity (Wildman–Crippen MR) is 151 cm³/mol. The van der Waals surface area contributed by atoms with Gasteiger partial charge in [0.15, 0.2) is 0 Å². The minimum absolute atomic E-state index is 0.0782. The second-order valence-electron chi connectivity index (χ2n) is 8.52. The Morgan fingerprint density at radius 3 is 2.39 bits per heavy atom. The topological polar surface area (TPSA) is 140 Å². The normalized spacial score (nSPS) is 10.7. The lowest BCUT2D eigenvalue weighted by atomic mass is 10.1. The van der Waals surface area contributed by atoms with E-state index in [2.05, 4.69) is 10.4 Å². The first kappa shape index (κ1) is 29.0. The maximum atomic E-state index is 15.2. The molecular formula is C27H25FN6O6S. The Labute approximate surface area is 237 Å². The maximum absolute atomic E-state index is 15.2. The van der Waals surface area contributed by atoms with Gasteiger partial charge < -0.3 is 14.7 Å². The quantitative estimate of drug-likeness (QED) is 0.229. The van der Waals surface area contributed by atoms with Crippen LogP contribution in [0.1, 0.15) is 34.1 Å². The molecule has 0 aliphatic rings. The highest BCUT2D eigenvalue weighted by Crippen LogP contribution is 2.30. The molecule has 12 nitrogen and oxygen atoms in total. The molecule has 1 heterocycles. The SMILES string of the molecule is CCCSN(C(=O)n1nnn(-c2c(F)cccc2C(=O)N(C)c2ccccc2)c1=O)c1ccc(OC)c(C(=O)O)c1. The Balaban J connectivity index is 1.76. The smallest absolute Gasteiger partial charge is 0.377 e. The number of amides is 2. The minimum atomic E-state index is -1.28. The summed E-state index contributed by atoms with van der Waals surface area (Å²) < 4.78 is 22.3. The molecule has 0 atom stereocenters. The van der Waals surface area contributed by atoms with Crippen LogP contribution >= 0.6 is 11.9 Å². The van der Waals surface area contributed by atoms with E-state index in [0.717, 1.165) is 22.3 Å². The average molecular weight is 581 g/mol. The molecule has 0 spiro atoms. The number of tetrazole rings is 1. The number of para-hydroxylation sites is 2. The Morgan fingerprint density at radius 1 is 1.00 bits per heavy atom. The first-order valence-corrected chi connectivity index (χ1v) is 13.2. The molecule has 1 aromatic heterocycles. The van der Waals surface area contributed by atoms with Crippen LogP contribution in [0.4, 0.5) is 20.6 Å². The molecule has 0 saturated carbocycles. The number of carbonyl (C=O) groups is 3. The molecule has 0 bridgehead atoms. The van der Waals surface area contributed by atoms with Crippen molar-refractivity contribution in [2.45, 2.75) is 13.3 Å². The molecule has 0 aliphatic carbocycles. The predicted octanol–water partition coefficient (Wildman–Crippen LogP) is 4.08. The number of carboxylic acid groups (broad SMARTS) is 1. The van der Waals surface area contributed by atoms with Gasteiger partial charge in [0.05, 0.1) is 18.4 Å². The van der Waals surface area contributed by atoms with Gasteiger partial charge in [-0.15, -0.1) is 4.68 Å². The van der Waals surface area contributed by atoms with Gasteiger partial charge >= 0.3 is 17.7 Å². The number of rotatable bonds is 9. The van der Waals surface area contributed by atoms with Crippen LogP contribution < -0.4 is 19.6 Å². The standard InChI is InChI=1S/C27H25FN6O6S/c1-4-15-41-34(18-13-14-22(40-3)20(16-18)25(36)37)27(39)33-26(38)32(29-30-33)23-19(11-8-12-21(23)28)24(35)31(2)17-9-6-5-7-10-17/h5-14,16H,4,15H2,1-3H3,(H,36,37).